The largest absolute Gasteiger partial charge is 0.359 e. The molecule has 2 aromatic rings. The van der Waals surface area contributed by atoms with Crippen molar-refractivity contribution in [3.05, 3.63) is 64.7 Å². The number of benzene rings is 2. The van der Waals surface area contributed by atoms with Crippen molar-refractivity contribution in [3.8, 4) is 0 Å². The van der Waals surface area contributed by atoms with Crippen LogP contribution in [0.2, 0.25) is 5.02 Å². The van der Waals surface area contributed by atoms with Crippen molar-refractivity contribution >= 4 is 29.1 Å². The number of hydrogen-bond donors (Lipinski definition) is 2. The van der Waals surface area contributed by atoms with Crippen LogP contribution >= 0.6 is 11.6 Å². The second-order valence-electron chi connectivity index (χ2n) is 4.48. The van der Waals surface area contributed by atoms with E-state index in [4.69, 9.17) is 11.6 Å². The lowest BCUT2D eigenvalue weighted by Gasteiger charge is -2.07. The predicted molar refractivity (Wildman–Crippen MR) is 83.6 cm³/mol. The van der Waals surface area contributed by atoms with Crippen LogP contribution in [0.15, 0.2) is 48.5 Å². The summed E-state index contributed by atoms with van der Waals surface area (Å²) < 4.78 is 0. The molecule has 2 amide bonds. The molecule has 0 spiro atoms. The zero-order valence-electron chi connectivity index (χ0n) is 11.5. The standard InChI is InChI=1S/C16H15ClN2O2/c1-18-15(20)10-11-6-8-12(9-7-11)19-16(21)13-4-2-3-5-14(13)17/h2-9H,10H2,1H3,(H,18,20)(H,19,21). The van der Waals surface area contributed by atoms with Gasteiger partial charge < -0.3 is 10.6 Å². The summed E-state index contributed by atoms with van der Waals surface area (Å²) in [7, 11) is 1.60. The van der Waals surface area contributed by atoms with E-state index in [9.17, 15) is 9.59 Å². The van der Waals surface area contributed by atoms with Gasteiger partial charge in [-0.3, -0.25) is 9.59 Å². The van der Waals surface area contributed by atoms with Crippen molar-refractivity contribution < 1.29 is 9.59 Å². The molecule has 5 heteroatoms. The summed E-state index contributed by atoms with van der Waals surface area (Å²) in [5.41, 5.74) is 1.96. The Morgan fingerprint density at radius 2 is 1.71 bits per heavy atom. The minimum atomic E-state index is -0.264. The predicted octanol–water partition coefficient (Wildman–Crippen LogP) is 2.88. The molecule has 0 aromatic heterocycles. The highest BCUT2D eigenvalue weighted by Crippen LogP contribution is 2.17. The Bertz CT molecular complexity index is 654. The second kappa shape index (κ2) is 6.90. The lowest BCUT2D eigenvalue weighted by molar-refractivity contribution is -0.119. The Labute approximate surface area is 128 Å². The first-order valence-electron chi connectivity index (χ1n) is 6.45. The summed E-state index contributed by atoms with van der Waals surface area (Å²) in [6.07, 6.45) is 0.315. The quantitative estimate of drug-likeness (QED) is 0.912. The van der Waals surface area contributed by atoms with Gasteiger partial charge in [-0.25, -0.2) is 0 Å². The van der Waals surface area contributed by atoms with E-state index < -0.39 is 0 Å². The molecule has 0 aliphatic carbocycles. The third-order valence-electron chi connectivity index (χ3n) is 2.97. The van der Waals surface area contributed by atoms with Crippen LogP contribution < -0.4 is 10.6 Å². The molecule has 0 unspecified atom stereocenters. The average molecular weight is 303 g/mol. The summed E-state index contributed by atoms with van der Waals surface area (Å²) >= 11 is 5.98. The normalized spacial score (nSPS) is 10.0. The van der Waals surface area contributed by atoms with Crippen molar-refractivity contribution in [1.82, 2.24) is 5.32 Å². The number of carbonyl (C=O) groups is 2. The van der Waals surface area contributed by atoms with E-state index in [1.54, 1.807) is 55.6 Å². The summed E-state index contributed by atoms with van der Waals surface area (Å²) in [5, 5.41) is 5.74. The van der Waals surface area contributed by atoms with E-state index in [1.807, 2.05) is 0 Å². The minimum absolute atomic E-state index is 0.0529. The van der Waals surface area contributed by atoms with Crippen molar-refractivity contribution in [2.45, 2.75) is 6.42 Å². The van der Waals surface area contributed by atoms with Gasteiger partial charge in [-0.2, -0.15) is 0 Å². The Hall–Kier alpha value is -2.33. The maximum absolute atomic E-state index is 12.1. The summed E-state index contributed by atoms with van der Waals surface area (Å²) in [4.78, 5) is 23.4. The maximum atomic E-state index is 12.1. The lowest BCUT2D eigenvalue weighted by Crippen LogP contribution is -2.19. The molecule has 0 fully saturated rings. The first kappa shape index (κ1) is 15.1. The van der Waals surface area contributed by atoms with Gasteiger partial charge in [0, 0.05) is 12.7 Å². The second-order valence-corrected chi connectivity index (χ2v) is 4.89. The molecule has 0 saturated carbocycles. The molecule has 0 aliphatic heterocycles. The van der Waals surface area contributed by atoms with E-state index in [-0.39, 0.29) is 11.8 Å². The molecule has 2 rings (SSSR count). The molecule has 21 heavy (non-hydrogen) atoms. The van der Waals surface area contributed by atoms with Gasteiger partial charge >= 0.3 is 0 Å². The van der Waals surface area contributed by atoms with Crippen molar-refractivity contribution in [1.29, 1.82) is 0 Å². The maximum Gasteiger partial charge on any atom is 0.257 e. The molecule has 0 heterocycles. The van der Waals surface area contributed by atoms with Gasteiger partial charge in [0.2, 0.25) is 5.91 Å². The topological polar surface area (TPSA) is 58.2 Å². The van der Waals surface area contributed by atoms with Gasteiger partial charge in [-0.05, 0) is 29.8 Å². The van der Waals surface area contributed by atoms with Crippen molar-refractivity contribution in [3.63, 3.8) is 0 Å². The molecular formula is C16H15ClN2O2. The van der Waals surface area contributed by atoms with E-state index in [2.05, 4.69) is 10.6 Å². The van der Waals surface area contributed by atoms with Crippen LogP contribution in [0.1, 0.15) is 15.9 Å². The van der Waals surface area contributed by atoms with Crippen molar-refractivity contribution in [2.75, 3.05) is 12.4 Å². The van der Waals surface area contributed by atoms with Crippen LogP contribution in [-0.4, -0.2) is 18.9 Å². The van der Waals surface area contributed by atoms with Gasteiger partial charge in [0.25, 0.3) is 5.91 Å². The van der Waals surface area contributed by atoms with E-state index in [0.717, 1.165) is 5.56 Å². The first-order valence-corrected chi connectivity index (χ1v) is 6.83. The van der Waals surface area contributed by atoms with Gasteiger partial charge in [-0.1, -0.05) is 35.9 Å². The number of amides is 2. The van der Waals surface area contributed by atoms with E-state index in [1.165, 1.54) is 0 Å². The SMILES string of the molecule is CNC(=O)Cc1ccc(NC(=O)c2ccccc2Cl)cc1. The number of carbonyl (C=O) groups excluding carboxylic acids is 2. The number of anilines is 1. The fourth-order valence-electron chi connectivity index (χ4n) is 1.82. The zero-order valence-corrected chi connectivity index (χ0v) is 12.3. The number of halogens is 1. The molecule has 4 nitrogen and oxygen atoms in total. The highest BCUT2D eigenvalue weighted by molar-refractivity contribution is 6.34. The number of hydrogen-bond acceptors (Lipinski definition) is 2. The van der Waals surface area contributed by atoms with Gasteiger partial charge in [0.05, 0.1) is 17.0 Å². The number of likely N-dealkylation sites (N-methyl/N-ethyl adjacent to an activating group) is 1. The highest BCUT2D eigenvalue weighted by atomic mass is 35.5. The van der Waals surface area contributed by atoms with Gasteiger partial charge in [0.15, 0.2) is 0 Å². The van der Waals surface area contributed by atoms with Crippen LogP contribution in [0.4, 0.5) is 5.69 Å². The van der Waals surface area contributed by atoms with Crippen LogP contribution in [0.3, 0.4) is 0 Å². The van der Waals surface area contributed by atoms with E-state index >= 15 is 0 Å². The Kier molecular flexibility index (Phi) is 4.95. The molecule has 0 bridgehead atoms. The summed E-state index contributed by atoms with van der Waals surface area (Å²) in [5.74, 6) is -0.317. The molecular weight excluding hydrogens is 288 g/mol. The average Bonchev–Trinajstić information content (AvgIpc) is 2.49. The molecule has 2 N–H and O–H groups in total. The zero-order chi connectivity index (χ0) is 15.2. The molecule has 108 valence electrons. The number of nitrogens with one attached hydrogen (secondary N) is 2. The van der Waals surface area contributed by atoms with Crippen LogP contribution in [-0.2, 0) is 11.2 Å². The van der Waals surface area contributed by atoms with Crippen LogP contribution in [0.25, 0.3) is 0 Å². The summed E-state index contributed by atoms with van der Waals surface area (Å²) in [6, 6.07) is 14.0. The highest BCUT2D eigenvalue weighted by Gasteiger charge is 2.09. The number of rotatable bonds is 4. The Balaban J connectivity index is 2.05. The smallest absolute Gasteiger partial charge is 0.257 e. The molecule has 0 atom stereocenters. The fourth-order valence-corrected chi connectivity index (χ4v) is 2.05. The molecule has 0 aliphatic rings. The third kappa shape index (κ3) is 4.07. The van der Waals surface area contributed by atoms with Crippen LogP contribution in [0.5, 0.6) is 0 Å². The van der Waals surface area contributed by atoms with Crippen LogP contribution in [0, 0.1) is 0 Å². The van der Waals surface area contributed by atoms with Gasteiger partial charge in [-0.15, -0.1) is 0 Å². The molecule has 0 radical (unpaired) electrons. The minimum Gasteiger partial charge on any atom is -0.359 e. The fraction of sp³-hybridized carbons (Fsp3) is 0.125. The van der Waals surface area contributed by atoms with Gasteiger partial charge in [0.1, 0.15) is 0 Å². The Morgan fingerprint density at radius 3 is 2.33 bits per heavy atom. The monoisotopic (exact) mass is 302 g/mol. The lowest BCUT2D eigenvalue weighted by atomic mass is 10.1. The Morgan fingerprint density at radius 1 is 1.05 bits per heavy atom. The first-order chi connectivity index (χ1) is 10.1. The molecule has 2 aromatic carbocycles. The van der Waals surface area contributed by atoms with Crippen molar-refractivity contribution in [2.24, 2.45) is 0 Å². The third-order valence-corrected chi connectivity index (χ3v) is 3.30. The summed E-state index contributed by atoms with van der Waals surface area (Å²) in [6.45, 7) is 0. The molecule has 0 saturated heterocycles. The van der Waals surface area contributed by atoms with E-state index in [0.29, 0.717) is 22.7 Å².